The Kier molecular flexibility index (Phi) is 6.55. The van der Waals surface area contributed by atoms with Crippen molar-refractivity contribution in [3.8, 4) is 5.75 Å². The van der Waals surface area contributed by atoms with Gasteiger partial charge in [0.15, 0.2) is 0 Å². The van der Waals surface area contributed by atoms with Gasteiger partial charge in [-0.05, 0) is 43.7 Å². The minimum absolute atomic E-state index is 0.0363. The maximum Gasteiger partial charge on any atom is 0.227 e. The molecule has 30 heavy (non-hydrogen) atoms. The van der Waals surface area contributed by atoms with Crippen molar-refractivity contribution in [2.45, 2.75) is 44.9 Å². The van der Waals surface area contributed by atoms with Crippen LogP contribution in [0.5, 0.6) is 5.75 Å². The molecule has 0 N–H and O–H groups in total. The van der Waals surface area contributed by atoms with Gasteiger partial charge in [-0.1, -0.05) is 12.1 Å². The fourth-order valence-electron chi connectivity index (χ4n) is 4.66. The first kappa shape index (κ1) is 20.7. The molecule has 3 heterocycles. The molecule has 3 aliphatic rings. The summed E-state index contributed by atoms with van der Waals surface area (Å²) >= 11 is 0. The van der Waals surface area contributed by atoms with Gasteiger partial charge in [0.2, 0.25) is 17.7 Å². The number of para-hydroxylation sites is 2. The lowest BCUT2D eigenvalue weighted by atomic mass is 9.92. The second-order valence-electron chi connectivity index (χ2n) is 8.48. The molecule has 3 amide bonds. The quantitative estimate of drug-likeness (QED) is 0.744. The molecule has 0 spiro atoms. The third-order valence-corrected chi connectivity index (χ3v) is 6.47. The lowest BCUT2D eigenvalue weighted by Crippen LogP contribution is -2.41. The summed E-state index contributed by atoms with van der Waals surface area (Å²) in [5, 5.41) is 0. The number of piperidine rings is 1. The lowest BCUT2D eigenvalue weighted by molar-refractivity contribution is -0.135. The molecule has 0 bridgehead atoms. The van der Waals surface area contributed by atoms with Crippen LogP contribution in [-0.2, 0) is 14.4 Å². The number of anilines is 1. The number of fused-ring (bicyclic) bond motifs is 1. The van der Waals surface area contributed by atoms with Crippen LogP contribution in [0.15, 0.2) is 24.3 Å². The molecule has 4 rings (SSSR count). The maximum absolute atomic E-state index is 12.7. The number of nitrogens with zero attached hydrogens (tertiary/aromatic N) is 3. The van der Waals surface area contributed by atoms with Crippen molar-refractivity contribution in [3.63, 3.8) is 0 Å². The molecular formula is C23H31N3O4. The largest absolute Gasteiger partial charge is 0.490 e. The van der Waals surface area contributed by atoms with Crippen LogP contribution in [0.4, 0.5) is 5.69 Å². The van der Waals surface area contributed by atoms with Crippen molar-refractivity contribution >= 4 is 23.4 Å². The standard InChI is InChI=1S/C23H31N3O4/c27-21(7-8-22(28)26-15-16-30-20-6-2-1-5-19(20)26)25-13-9-18(10-14-25)17-23(29)24-11-3-4-12-24/h1-2,5-6,18H,3-4,7-17H2. The number of hydrogen-bond donors (Lipinski definition) is 0. The van der Waals surface area contributed by atoms with Gasteiger partial charge in [-0.3, -0.25) is 14.4 Å². The van der Waals surface area contributed by atoms with Crippen LogP contribution in [0.25, 0.3) is 0 Å². The highest BCUT2D eigenvalue weighted by atomic mass is 16.5. The smallest absolute Gasteiger partial charge is 0.227 e. The number of amides is 3. The Labute approximate surface area is 177 Å². The summed E-state index contributed by atoms with van der Waals surface area (Å²) in [4.78, 5) is 43.2. The SMILES string of the molecule is O=C(CCC(=O)N1CCOc2ccccc21)N1CCC(CC(=O)N2CCCC2)CC1. The molecule has 0 aromatic heterocycles. The third-order valence-electron chi connectivity index (χ3n) is 6.47. The highest BCUT2D eigenvalue weighted by molar-refractivity contribution is 5.97. The average molecular weight is 414 g/mol. The van der Waals surface area contributed by atoms with E-state index in [1.54, 1.807) is 4.90 Å². The first-order valence-corrected chi connectivity index (χ1v) is 11.2. The van der Waals surface area contributed by atoms with Gasteiger partial charge >= 0.3 is 0 Å². The molecule has 0 aliphatic carbocycles. The fraction of sp³-hybridized carbons (Fsp3) is 0.609. The van der Waals surface area contributed by atoms with Gasteiger partial charge in [0.25, 0.3) is 0 Å². The molecule has 1 aromatic carbocycles. The molecule has 0 radical (unpaired) electrons. The van der Waals surface area contributed by atoms with Crippen LogP contribution in [0.3, 0.4) is 0 Å². The molecule has 0 saturated carbocycles. The summed E-state index contributed by atoms with van der Waals surface area (Å²) in [5.74, 6) is 1.36. The lowest BCUT2D eigenvalue weighted by Gasteiger charge is -2.33. The zero-order chi connectivity index (χ0) is 20.9. The van der Waals surface area contributed by atoms with Crippen molar-refractivity contribution in [1.29, 1.82) is 0 Å². The number of ether oxygens (including phenoxy) is 1. The molecule has 0 atom stereocenters. The van der Waals surface area contributed by atoms with Gasteiger partial charge in [0.05, 0.1) is 12.2 Å². The molecule has 7 heteroatoms. The summed E-state index contributed by atoms with van der Waals surface area (Å²) in [6.07, 6.45) is 5.03. The average Bonchev–Trinajstić information content (AvgIpc) is 3.32. The second-order valence-corrected chi connectivity index (χ2v) is 8.48. The number of carbonyl (C=O) groups is 3. The first-order valence-electron chi connectivity index (χ1n) is 11.2. The van der Waals surface area contributed by atoms with Gasteiger partial charge < -0.3 is 19.4 Å². The Bertz CT molecular complexity index is 782. The predicted molar refractivity (Wildman–Crippen MR) is 113 cm³/mol. The Morgan fingerprint density at radius 1 is 0.833 bits per heavy atom. The van der Waals surface area contributed by atoms with Crippen LogP contribution in [-0.4, -0.2) is 66.9 Å². The highest BCUT2D eigenvalue weighted by Crippen LogP contribution is 2.31. The molecule has 1 aromatic rings. The monoisotopic (exact) mass is 413 g/mol. The van der Waals surface area contributed by atoms with Crippen LogP contribution in [0, 0.1) is 5.92 Å². The van der Waals surface area contributed by atoms with Gasteiger partial charge in [0, 0.05) is 45.4 Å². The summed E-state index contributed by atoms with van der Waals surface area (Å²) in [5.41, 5.74) is 0.782. The Morgan fingerprint density at radius 2 is 1.50 bits per heavy atom. The van der Waals surface area contributed by atoms with Crippen LogP contribution >= 0.6 is 0 Å². The summed E-state index contributed by atoms with van der Waals surface area (Å²) < 4.78 is 5.60. The molecule has 3 aliphatic heterocycles. The van der Waals surface area contributed by atoms with Crippen molar-refractivity contribution in [2.24, 2.45) is 5.92 Å². The molecule has 2 saturated heterocycles. The van der Waals surface area contributed by atoms with Crippen LogP contribution in [0.2, 0.25) is 0 Å². The number of benzene rings is 1. The first-order chi connectivity index (χ1) is 14.6. The Morgan fingerprint density at radius 3 is 2.27 bits per heavy atom. The van der Waals surface area contributed by atoms with Gasteiger partial charge in [-0.2, -0.15) is 0 Å². The topological polar surface area (TPSA) is 70.2 Å². The van der Waals surface area contributed by atoms with E-state index in [1.807, 2.05) is 34.1 Å². The Balaban J connectivity index is 1.21. The predicted octanol–water partition coefficient (Wildman–Crippen LogP) is 2.44. The van der Waals surface area contributed by atoms with Crippen molar-refractivity contribution in [1.82, 2.24) is 9.80 Å². The van der Waals surface area contributed by atoms with E-state index in [4.69, 9.17) is 4.74 Å². The van der Waals surface area contributed by atoms with E-state index in [9.17, 15) is 14.4 Å². The van der Waals surface area contributed by atoms with Crippen molar-refractivity contribution in [3.05, 3.63) is 24.3 Å². The Hall–Kier alpha value is -2.57. The summed E-state index contributed by atoms with van der Waals surface area (Å²) in [7, 11) is 0. The van der Waals surface area contributed by atoms with Gasteiger partial charge in [-0.25, -0.2) is 0 Å². The zero-order valence-corrected chi connectivity index (χ0v) is 17.6. The third kappa shape index (κ3) is 4.77. The number of carbonyl (C=O) groups excluding carboxylic acids is 3. The van der Waals surface area contributed by atoms with Crippen molar-refractivity contribution < 1.29 is 19.1 Å². The highest BCUT2D eigenvalue weighted by Gasteiger charge is 2.28. The van der Waals surface area contributed by atoms with E-state index in [0.717, 1.165) is 44.5 Å². The zero-order valence-electron chi connectivity index (χ0n) is 17.6. The van der Waals surface area contributed by atoms with E-state index in [1.165, 1.54) is 0 Å². The fourth-order valence-corrected chi connectivity index (χ4v) is 4.66. The normalized spacial score (nSPS) is 19.4. The number of hydrogen-bond acceptors (Lipinski definition) is 4. The summed E-state index contributed by atoms with van der Waals surface area (Å²) in [6.45, 7) is 4.16. The number of rotatable bonds is 5. The molecular weight excluding hydrogens is 382 g/mol. The minimum atomic E-state index is -0.0369. The van der Waals surface area contributed by atoms with E-state index in [0.29, 0.717) is 44.3 Å². The van der Waals surface area contributed by atoms with Crippen LogP contribution in [0.1, 0.15) is 44.9 Å². The van der Waals surface area contributed by atoms with E-state index < -0.39 is 0 Å². The molecule has 2 fully saturated rings. The maximum atomic E-state index is 12.7. The van der Waals surface area contributed by atoms with Crippen molar-refractivity contribution in [2.75, 3.05) is 44.2 Å². The van der Waals surface area contributed by atoms with Crippen LogP contribution < -0.4 is 9.64 Å². The second kappa shape index (κ2) is 9.49. The van der Waals surface area contributed by atoms with E-state index in [-0.39, 0.29) is 30.6 Å². The van der Waals surface area contributed by atoms with E-state index in [2.05, 4.69) is 0 Å². The van der Waals surface area contributed by atoms with Gasteiger partial charge in [-0.15, -0.1) is 0 Å². The summed E-state index contributed by atoms with van der Waals surface area (Å²) in [6, 6.07) is 7.51. The molecule has 7 nitrogen and oxygen atoms in total. The number of likely N-dealkylation sites (tertiary alicyclic amines) is 2. The van der Waals surface area contributed by atoms with E-state index >= 15 is 0 Å². The molecule has 0 unspecified atom stereocenters. The minimum Gasteiger partial charge on any atom is -0.490 e. The molecule has 162 valence electrons. The van der Waals surface area contributed by atoms with Gasteiger partial charge in [0.1, 0.15) is 12.4 Å².